The van der Waals surface area contributed by atoms with E-state index >= 15 is 0 Å². The van der Waals surface area contributed by atoms with Gasteiger partial charge in [0.15, 0.2) is 6.29 Å². The molecule has 18 heavy (non-hydrogen) atoms. The smallest absolute Gasteiger partial charge is 0.160 e. The summed E-state index contributed by atoms with van der Waals surface area (Å²) in [4.78, 5) is 14.5. The third-order valence-corrected chi connectivity index (χ3v) is 3.59. The minimum absolute atomic E-state index is 0.762. The Bertz CT molecular complexity index is 552. The fraction of sp³-hybridized carbons (Fsp3) is 0.133. The molecule has 0 amide bonds. The van der Waals surface area contributed by atoms with Gasteiger partial charge in [0.25, 0.3) is 0 Å². The van der Waals surface area contributed by atoms with Crippen molar-refractivity contribution in [2.75, 3.05) is 19.0 Å². The molecule has 0 atom stereocenters. The van der Waals surface area contributed by atoms with Crippen LogP contribution in [0.25, 0.3) is 12.2 Å². The average molecular weight is 257 g/mol. The number of nitrogens with zero attached hydrogens (tertiary/aromatic N) is 1. The fourth-order valence-electron chi connectivity index (χ4n) is 1.58. The number of hydrogen-bond donors (Lipinski definition) is 0. The van der Waals surface area contributed by atoms with Crippen LogP contribution in [0.4, 0.5) is 5.69 Å². The maximum Gasteiger partial charge on any atom is 0.160 e. The van der Waals surface area contributed by atoms with Crippen molar-refractivity contribution in [2.24, 2.45) is 0 Å². The van der Waals surface area contributed by atoms with E-state index in [1.54, 1.807) is 0 Å². The van der Waals surface area contributed by atoms with E-state index in [0.717, 1.165) is 21.6 Å². The van der Waals surface area contributed by atoms with Crippen molar-refractivity contribution in [1.29, 1.82) is 0 Å². The molecule has 2 nitrogen and oxygen atoms in total. The van der Waals surface area contributed by atoms with E-state index < -0.39 is 0 Å². The first-order chi connectivity index (χ1) is 8.69. The van der Waals surface area contributed by atoms with E-state index in [9.17, 15) is 4.79 Å². The van der Waals surface area contributed by atoms with Crippen LogP contribution in [-0.4, -0.2) is 20.4 Å². The van der Waals surface area contributed by atoms with Crippen LogP contribution in [0.15, 0.2) is 36.4 Å². The highest BCUT2D eigenvalue weighted by Gasteiger charge is 1.96. The molecule has 0 N–H and O–H groups in total. The molecule has 2 rings (SSSR count). The van der Waals surface area contributed by atoms with Crippen LogP contribution >= 0.6 is 11.3 Å². The van der Waals surface area contributed by atoms with Gasteiger partial charge in [-0.25, -0.2) is 0 Å². The second kappa shape index (κ2) is 5.65. The Hall–Kier alpha value is -1.87. The zero-order valence-corrected chi connectivity index (χ0v) is 11.3. The molecular weight excluding hydrogens is 242 g/mol. The predicted octanol–water partition coefficient (Wildman–Crippen LogP) is 3.80. The molecule has 0 saturated carbocycles. The molecule has 0 bridgehead atoms. The summed E-state index contributed by atoms with van der Waals surface area (Å²) in [6.45, 7) is 0. The highest BCUT2D eigenvalue weighted by molar-refractivity contribution is 7.14. The summed E-state index contributed by atoms with van der Waals surface area (Å²) in [6.07, 6.45) is 4.97. The van der Waals surface area contributed by atoms with Gasteiger partial charge in [0, 0.05) is 24.7 Å². The second-order valence-electron chi connectivity index (χ2n) is 4.18. The van der Waals surface area contributed by atoms with Crippen LogP contribution in [0.2, 0.25) is 0 Å². The normalized spacial score (nSPS) is 10.8. The Kier molecular flexibility index (Phi) is 3.95. The minimum atomic E-state index is 0.762. The monoisotopic (exact) mass is 257 g/mol. The number of carbonyl (C=O) groups is 1. The van der Waals surface area contributed by atoms with Crippen LogP contribution < -0.4 is 4.90 Å². The molecular formula is C15H15NOS. The van der Waals surface area contributed by atoms with Crippen LogP contribution in [-0.2, 0) is 0 Å². The lowest BCUT2D eigenvalue weighted by Crippen LogP contribution is -2.07. The summed E-state index contributed by atoms with van der Waals surface area (Å²) in [5.41, 5.74) is 2.34. The highest BCUT2D eigenvalue weighted by Crippen LogP contribution is 2.18. The molecule has 1 aromatic carbocycles. The van der Waals surface area contributed by atoms with E-state index in [4.69, 9.17) is 0 Å². The topological polar surface area (TPSA) is 20.3 Å². The zero-order chi connectivity index (χ0) is 13.0. The molecule has 3 heteroatoms. The van der Waals surface area contributed by atoms with E-state index in [-0.39, 0.29) is 0 Å². The van der Waals surface area contributed by atoms with Crippen LogP contribution in [0.3, 0.4) is 0 Å². The van der Waals surface area contributed by atoms with Gasteiger partial charge in [0.1, 0.15) is 0 Å². The van der Waals surface area contributed by atoms with Gasteiger partial charge in [-0.05, 0) is 35.9 Å². The number of hydrogen-bond acceptors (Lipinski definition) is 3. The molecule has 92 valence electrons. The third kappa shape index (κ3) is 3.08. The van der Waals surface area contributed by atoms with Crippen molar-refractivity contribution < 1.29 is 4.79 Å². The fourth-order valence-corrected chi connectivity index (χ4v) is 2.31. The average Bonchev–Trinajstić information content (AvgIpc) is 2.85. The van der Waals surface area contributed by atoms with Crippen molar-refractivity contribution in [1.82, 2.24) is 0 Å². The molecule has 1 aromatic heterocycles. The van der Waals surface area contributed by atoms with Gasteiger partial charge in [-0.15, -0.1) is 11.3 Å². The SMILES string of the molecule is CN(C)c1ccc(/C=C/c2ccc(C=O)s2)cc1. The van der Waals surface area contributed by atoms with Gasteiger partial charge >= 0.3 is 0 Å². The largest absolute Gasteiger partial charge is 0.378 e. The summed E-state index contributed by atoms with van der Waals surface area (Å²) in [7, 11) is 4.05. The Balaban J connectivity index is 2.11. The van der Waals surface area contributed by atoms with E-state index in [2.05, 4.69) is 35.2 Å². The van der Waals surface area contributed by atoms with Gasteiger partial charge in [-0.1, -0.05) is 18.2 Å². The van der Waals surface area contributed by atoms with E-state index in [0.29, 0.717) is 0 Å². The van der Waals surface area contributed by atoms with Gasteiger partial charge in [0.2, 0.25) is 0 Å². The summed E-state index contributed by atoms with van der Waals surface area (Å²) in [5, 5.41) is 0. The van der Waals surface area contributed by atoms with Gasteiger partial charge in [0.05, 0.1) is 4.88 Å². The maximum atomic E-state index is 10.6. The van der Waals surface area contributed by atoms with Gasteiger partial charge in [-0.2, -0.15) is 0 Å². The van der Waals surface area contributed by atoms with Crippen molar-refractivity contribution in [3.05, 3.63) is 51.7 Å². The summed E-state index contributed by atoms with van der Waals surface area (Å²) < 4.78 is 0. The van der Waals surface area contributed by atoms with Crippen molar-refractivity contribution in [3.63, 3.8) is 0 Å². The number of anilines is 1. The molecule has 0 fully saturated rings. The van der Waals surface area contributed by atoms with Crippen molar-refractivity contribution in [3.8, 4) is 0 Å². The summed E-state index contributed by atoms with van der Waals surface area (Å²) in [6, 6.07) is 12.1. The van der Waals surface area contributed by atoms with Crippen LogP contribution in [0, 0.1) is 0 Å². The van der Waals surface area contributed by atoms with Crippen LogP contribution in [0.1, 0.15) is 20.1 Å². The molecule has 0 aliphatic carbocycles. The molecule has 0 saturated heterocycles. The lowest BCUT2D eigenvalue weighted by molar-refractivity contribution is 0.112. The molecule has 2 aromatic rings. The third-order valence-electron chi connectivity index (χ3n) is 2.61. The van der Waals surface area contributed by atoms with Crippen molar-refractivity contribution >= 4 is 35.5 Å². The lowest BCUT2D eigenvalue weighted by atomic mass is 10.2. The number of aldehydes is 1. The van der Waals surface area contributed by atoms with E-state index in [1.807, 2.05) is 32.3 Å². The maximum absolute atomic E-state index is 10.6. The molecule has 1 heterocycles. The quantitative estimate of drug-likeness (QED) is 0.777. The van der Waals surface area contributed by atoms with Gasteiger partial charge in [-0.3, -0.25) is 4.79 Å². The number of thiophene rings is 1. The zero-order valence-electron chi connectivity index (χ0n) is 10.5. The standard InChI is InChI=1S/C15H15NOS/c1-16(2)13-6-3-12(4-7-13)5-8-14-9-10-15(11-17)18-14/h3-11H,1-2H3/b8-5+. The number of benzene rings is 1. The predicted molar refractivity (Wildman–Crippen MR) is 79.4 cm³/mol. The Morgan fingerprint density at radius 3 is 2.17 bits per heavy atom. The Morgan fingerprint density at radius 2 is 1.61 bits per heavy atom. The highest BCUT2D eigenvalue weighted by atomic mass is 32.1. The summed E-state index contributed by atoms with van der Waals surface area (Å²) in [5.74, 6) is 0. The lowest BCUT2D eigenvalue weighted by Gasteiger charge is -2.11. The molecule has 0 unspecified atom stereocenters. The Labute approximate surface area is 111 Å². The van der Waals surface area contributed by atoms with E-state index in [1.165, 1.54) is 17.0 Å². The van der Waals surface area contributed by atoms with Gasteiger partial charge < -0.3 is 4.90 Å². The molecule has 0 aliphatic rings. The second-order valence-corrected chi connectivity index (χ2v) is 5.32. The minimum Gasteiger partial charge on any atom is -0.378 e. The molecule has 0 spiro atoms. The molecule has 0 aliphatic heterocycles. The first kappa shape index (κ1) is 12.6. The Morgan fingerprint density at radius 1 is 0.944 bits per heavy atom. The van der Waals surface area contributed by atoms with Crippen LogP contribution in [0.5, 0.6) is 0 Å². The molecule has 0 radical (unpaired) electrons. The number of carbonyl (C=O) groups excluding carboxylic acids is 1. The number of rotatable bonds is 4. The van der Waals surface area contributed by atoms with Crippen molar-refractivity contribution in [2.45, 2.75) is 0 Å². The summed E-state index contributed by atoms with van der Waals surface area (Å²) >= 11 is 1.50. The first-order valence-electron chi connectivity index (χ1n) is 5.69. The first-order valence-corrected chi connectivity index (χ1v) is 6.51.